The molecule has 0 aliphatic heterocycles. The summed E-state index contributed by atoms with van der Waals surface area (Å²) >= 11 is 0. The molecular formula is C16H28N2O. The van der Waals surface area contributed by atoms with Crippen molar-refractivity contribution in [3.05, 3.63) is 17.5 Å². The van der Waals surface area contributed by atoms with Gasteiger partial charge in [0.25, 0.3) is 0 Å². The minimum atomic E-state index is 0.231. The predicted molar refractivity (Wildman–Crippen MR) is 79.5 cm³/mol. The Morgan fingerprint density at radius 2 is 1.68 bits per heavy atom. The Kier molecular flexibility index (Phi) is 7.46. The van der Waals surface area contributed by atoms with E-state index < -0.39 is 0 Å². The number of hydrogen-bond acceptors (Lipinski definition) is 2. The van der Waals surface area contributed by atoms with Crippen molar-refractivity contribution >= 4 is 5.78 Å². The second-order valence-corrected chi connectivity index (χ2v) is 5.44. The van der Waals surface area contributed by atoms with Crippen molar-refractivity contribution < 1.29 is 4.79 Å². The number of aromatic nitrogens is 2. The van der Waals surface area contributed by atoms with Crippen molar-refractivity contribution in [2.24, 2.45) is 7.05 Å². The van der Waals surface area contributed by atoms with Gasteiger partial charge in [-0.3, -0.25) is 9.48 Å². The van der Waals surface area contributed by atoms with Crippen molar-refractivity contribution in [1.29, 1.82) is 0 Å². The van der Waals surface area contributed by atoms with E-state index in [1.54, 1.807) is 4.68 Å². The Balaban J connectivity index is 2.09. The van der Waals surface area contributed by atoms with Crippen LogP contribution in [0.4, 0.5) is 0 Å². The Labute approximate surface area is 117 Å². The fraction of sp³-hybridized carbons (Fsp3) is 0.750. The molecule has 0 saturated heterocycles. The highest BCUT2D eigenvalue weighted by Gasteiger charge is 2.10. The van der Waals surface area contributed by atoms with Crippen LogP contribution in [0.3, 0.4) is 0 Å². The largest absolute Gasteiger partial charge is 0.292 e. The van der Waals surface area contributed by atoms with E-state index in [1.165, 1.54) is 44.9 Å². The highest BCUT2D eigenvalue weighted by atomic mass is 16.1. The third-order valence-electron chi connectivity index (χ3n) is 3.55. The van der Waals surface area contributed by atoms with Gasteiger partial charge in [0.1, 0.15) is 5.69 Å². The number of rotatable bonds is 10. The van der Waals surface area contributed by atoms with Crippen LogP contribution in [0.5, 0.6) is 0 Å². The fourth-order valence-corrected chi connectivity index (χ4v) is 2.42. The summed E-state index contributed by atoms with van der Waals surface area (Å²) in [4.78, 5) is 12.0. The van der Waals surface area contributed by atoms with Crippen LogP contribution in [0, 0.1) is 6.92 Å². The Hall–Kier alpha value is -1.12. The summed E-state index contributed by atoms with van der Waals surface area (Å²) < 4.78 is 1.70. The third-order valence-corrected chi connectivity index (χ3v) is 3.55. The number of nitrogens with zero attached hydrogens (tertiary/aromatic N) is 2. The number of aryl methyl sites for hydroxylation is 2. The monoisotopic (exact) mass is 264 g/mol. The van der Waals surface area contributed by atoms with Crippen LogP contribution in [0.2, 0.25) is 0 Å². The molecule has 1 aromatic rings. The number of carbonyl (C=O) groups excluding carboxylic acids is 1. The number of unbranched alkanes of at least 4 members (excludes halogenated alkanes) is 7. The maximum absolute atomic E-state index is 12.0. The summed E-state index contributed by atoms with van der Waals surface area (Å²) in [6.07, 6.45) is 10.8. The molecule has 0 N–H and O–H groups in total. The molecule has 0 saturated carbocycles. The average Bonchev–Trinajstić information content (AvgIpc) is 2.71. The molecule has 0 radical (unpaired) electrons. The molecule has 0 amide bonds. The minimum Gasteiger partial charge on any atom is -0.292 e. The second-order valence-electron chi connectivity index (χ2n) is 5.44. The van der Waals surface area contributed by atoms with Crippen LogP contribution >= 0.6 is 0 Å². The minimum absolute atomic E-state index is 0.231. The summed E-state index contributed by atoms with van der Waals surface area (Å²) in [5.74, 6) is 0.231. The molecule has 0 aliphatic carbocycles. The summed E-state index contributed by atoms with van der Waals surface area (Å²) in [5.41, 5.74) is 1.67. The first-order chi connectivity index (χ1) is 9.15. The van der Waals surface area contributed by atoms with Gasteiger partial charge in [0.15, 0.2) is 5.78 Å². The van der Waals surface area contributed by atoms with E-state index in [2.05, 4.69) is 12.0 Å². The van der Waals surface area contributed by atoms with E-state index in [-0.39, 0.29) is 5.78 Å². The van der Waals surface area contributed by atoms with Gasteiger partial charge in [0, 0.05) is 13.5 Å². The second kappa shape index (κ2) is 8.89. The van der Waals surface area contributed by atoms with Crippen molar-refractivity contribution in [3.63, 3.8) is 0 Å². The molecule has 0 aliphatic rings. The lowest BCUT2D eigenvalue weighted by Gasteiger charge is -2.02. The normalized spacial score (nSPS) is 10.9. The van der Waals surface area contributed by atoms with Crippen molar-refractivity contribution in [3.8, 4) is 0 Å². The SMILES string of the molecule is CCCCCCCCCCC(=O)c1cc(C)nn1C. The van der Waals surface area contributed by atoms with Crippen molar-refractivity contribution in [1.82, 2.24) is 9.78 Å². The molecule has 108 valence electrons. The van der Waals surface area contributed by atoms with Crippen LogP contribution in [0.1, 0.15) is 80.9 Å². The van der Waals surface area contributed by atoms with E-state index in [4.69, 9.17) is 0 Å². The third kappa shape index (κ3) is 6.04. The van der Waals surface area contributed by atoms with Gasteiger partial charge in [0.05, 0.1) is 5.69 Å². The van der Waals surface area contributed by atoms with Gasteiger partial charge in [-0.2, -0.15) is 5.10 Å². The number of hydrogen-bond donors (Lipinski definition) is 0. The van der Waals surface area contributed by atoms with Gasteiger partial charge in [-0.25, -0.2) is 0 Å². The molecule has 0 aromatic carbocycles. The molecular weight excluding hydrogens is 236 g/mol. The first-order valence-corrected chi connectivity index (χ1v) is 7.69. The Bertz CT molecular complexity index is 382. The molecule has 3 heteroatoms. The predicted octanol–water partition coefficient (Wildman–Crippen LogP) is 4.44. The van der Waals surface area contributed by atoms with Gasteiger partial charge in [-0.1, -0.05) is 51.9 Å². The quantitative estimate of drug-likeness (QED) is 0.462. The van der Waals surface area contributed by atoms with Crippen LogP contribution < -0.4 is 0 Å². The molecule has 0 unspecified atom stereocenters. The highest BCUT2D eigenvalue weighted by molar-refractivity contribution is 5.94. The lowest BCUT2D eigenvalue weighted by molar-refractivity contribution is 0.0970. The summed E-state index contributed by atoms with van der Waals surface area (Å²) in [6, 6.07) is 1.88. The first-order valence-electron chi connectivity index (χ1n) is 7.69. The van der Waals surface area contributed by atoms with E-state index >= 15 is 0 Å². The average molecular weight is 264 g/mol. The zero-order chi connectivity index (χ0) is 14.1. The van der Waals surface area contributed by atoms with Crippen molar-refractivity contribution in [2.75, 3.05) is 0 Å². The van der Waals surface area contributed by atoms with Crippen LogP contribution in [0.15, 0.2) is 6.07 Å². The van der Waals surface area contributed by atoms with Gasteiger partial charge in [0.2, 0.25) is 0 Å². The zero-order valence-corrected chi connectivity index (χ0v) is 12.7. The molecule has 19 heavy (non-hydrogen) atoms. The molecule has 1 rings (SSSR count). The Morgan fingerprint density at radius 3 is 2.21 bits per heavy atom. The maximum Gasteiger partial charge on any atom is 0.180 e. The van der Waals surface area contributed by atoms with Crippen molar-refractivity contribution in [2.45, 2.75) is 71.6 Å². The van der Waals surface area contributed by atoms with E-state index in [1.807, 2.05) is 20.0 Å². The van der Waals surface area contributed by atoms with Crippen LogP contribution in [-0.2, 0) is 7.05 Å². The standard InChI is InChI=1S/C16H28N2O/c1-4-5-6-7-8-9-10-11-12-16(19)15-13-14(2)17-18(15)3/h13H,4-12H2,1-3H3. The van der Waals surface area contributed by atoms with Gasteiger partial charge >= 0.3 is 0 Å². The molecule has 0 bridgehead atoms. The summed E-state index contributed by atoms with van der Waals surface area (Å²) in [6.45, 7) is 4.17. The highest BCUT2D eigenvalue weighted by Crippen LogP contribution is 2.12. The molecule has 0 atom stereocenters. The molecule has 0 fully saturated rings. The van der Waals surface area contributed by atoms with E-state index in [0.29, 0.717) is 6.42 Å². The Morgan fingerprint density at radius 1 is 1.11 bits per heavy atom. The zero-order valence-electron chi connectivity index (χ0n) is 12.7. The topological polar surface area (TPSA) is 34.9 Å². The smallest absolute Gasteiger partial charge is 0.180 e. The number of Topliss-reactive ketones (excluding diaryl/α,β-unsaturated/α-hetero) is 1. The molecule has 1 aromatic heterocycles. The maximum atomic E-state index is 12.0. The van der Waals surface area contributed by atoms with Gasteiger partial charge < -0.3 is 0 Å². The summed E-state index contributed by atoms with van der Waals surface area (Å²) in [7, 11) is 1.84. The van der Waals surface area contributed by atoms with Gasteiger partial charge in [-0.05, 0) is 19.4 Å². The lowest BCUT2D eigenvalue weighted by Crippen LogP contribution is -2.06. The fourth-order valence-electron chi connectivity index (χ4n) is 2.42. The number of ketones is 1. The van der Waals surface area contributed by atoms with E-state index in [9.17, 15) is 4.79 Å². The van der Waals surface area contributed by atoms with E-state index in [0.717, 1.165) is 17.8 Å². The molecule has 0 spiro atoms. The van der Waals surface area contributed by atoms with Crippen LogP contribution in [0.25, 0.3) is 0 Å². The first kappa shape index (κ1) is 15.9. The number of carbonyl (C=O) groups is 1. The van der Waals surface area contributed by atoms with Gasteiger partial charge in [-0.15, -0.1) is 0 Å². The summed E-state index contributed by atoms with van der Waals surface area (Å²) in [5, 5.41) is 4.21. The lowest BCUT2D eigenvalue weighted by atomic mass is 10.1. The molecule has 3 nitrogen and oxygen atoms in total. The van der Waals surface area contributed by atoms with Crippen LogP contribution in [-0.4, -0.2) is 15.6 Å². The molecule has 1 heterocycles.